The number of amides is 1. The van der Waals surface area contributed by atoms with Crippen LogP contribution in [0.5, 0.6) is 0 Å². The molecule has 0 spiro atoms. The first-order chi connectivity index (χ1) is 7.20. The molecule has 0 aliphatic carbocycles. The molecule has 2 aliphatic heterocycles. The van der Waals surface area contributed by atoms with Crippen LogP contribution in [-0.4, -0.2) is 42.6 Å². The highest BCUT2D eigenvalue weighted by Gasteiger charge is 2.36. The average molecular weight is 212 g/mol. The van der Waals surface area contributed by atoms with Gasteiger partial charge in [-0.25, -0.2) is 0 Å². The standard InChI is InChI=1S/C11H20N2O2/c1-8(4-5-12)11(14)13-6-9-2-3-10(7-13)15-9/h8-10H,2-7,12H2,1H3. The summed E-state index contributed by atoms with van der Waals surface area (Å²) in [5.74, 6) is 0.313. The summed E-state index contributed by atoms with van der Waals surface area (Å²) in [7, 11) is 0. The molecule has 86 valence electrons. The number of fused-ring (bicyclic) bond motifs is 2. The van der Waals surface area contributed by atoms with Crippen molar-refractivity contribution in [3.63, 3.8) is 0 Å². The monoisotopic (exact) mass is 212 g/mol. The maximum absolute atomic E-state index is 12.0. The van der Waals surface area contributed by atoms with Crippen molar-refractivity contribution < 1.29 is 9.53 Å². The number of rotatable bonds is 3. The molecule has 0 aromatic rings. The minimum absolute atomic E-state index is 0.0625. The van der Waals surface area contributed by atoms with E-state index in [2.05, 4.69) is 0 Å². The fourth-order valence-electron chi connectivity index (χ4n) is 2.48. The van der Waals surface area contributed by atoms with E-state index in [4.69, 9.17) is 10.5 Å². The van der Waals surface area contributed by atoms with E-state index in [1.807, 2.05) is 11.8 Å². The zero-order valence-corrected chi connectivity index (χ0v) is 9.32. The molecule has 3 atom stereocenters. The summed E-state index contributed by atoms with van der Waals surface area (Å²) < 4.78 is 5.70. The van der Waals surface area contributed by atoms with Crippen molar-refractivity contribution >= 4 is 5.91 Å². The van der Waals surface area contributed by atoms with Crippen LogP contribution in [-0.2, 0) is 9.53 Å². The van der Waals surface area contributed by atoms with E-state index in [0.717, 1.165) is 32.4 Å². The highest BCUT2D eigenvalue weighted by Crippen LogP contribution is 2.27. The molecule has 15 heavy (non-hydrogen) atoms. The van der Waals surface area contributed by atoms with Gasteiger partial charge in [-0.15, -0.1) is 0 Å². The van der Waals surface area contributed by atoms with Crippen LogP contribution >= 0.6 is 0 Å². The predicted molar refractivity (Wildman–Crippen MR) is 57.3 cm³/mol. The lowest BCUT2D eigenvalue weighted by molar-refractivity contribution is -0.143. The van der Waals surface area contributed by atoms with E-state index < -0.39 is 0 Å². The lowest BCUT2D eigenvalue weighted by atomic mass is 10.1. The zero-order valence-electron chi connectivity index (χ0n) is 9.32. The van der Waals surface area contributed by atoms with E-state index in [-0.39, 0.29) is 24.0 Å². The van der Waals surface area contributed by atoms with Crippen molar-refractivity contribution in [2.45, 2.75) is 38.4 Å². The van der Waals surface area contributed by atoms with Crippen molar-refractivity contribution in [2.24, 2.45) is 11.7 Å². The summed E-state index contributed by atoms with van der Waals surface area (Å²) in [5.41, 5.74) is 5.47. The lowest BCUT2D eigenvalue weighted by Crippen LogP contribution is -2.47. The van der Waals surface area contributed by atoms with Gasteiger partial charge in [0.1, 0.15) is 0 Å². The van der Waals surface area contributed by atoms with Crippen LogP contribution in [0.1, 0.15) is 26.2 Å². The molecule has 4 heteroatoms. The van der Waals surface area contributed by atoms with Crippen molar-refractivity contribution in [2.75, 3.05) is 19.6 Å². The van der Waals surface area contributed by atoms with Crippen molar-refractivity contribution in [3.05, 3.63) is 0 Å². The zero-order chi connectivity index (χ0) is 10.8. The van der Waals surface area contributed by atoms with Crippen LogP contribution in [0.3, 0.4) is 0 Å². The number of nitrogens with zero attached hydrogens (tertiary/aromatic N) is 1. The summed E-state index contributed by atoms with van der Waals surface area (Å²) >= 11 is 0. The Kier molecular flexibility index (Phi) is 3.26. The third-order valence-corrected chi connectivity index (χ3v) is 3.38. The Balaban J connectivity index is 1.90. The predicted octanol–water partition coefficient (Wildman–Crippen LogP) is 0.361. The number of likely N-dealkylation sites (tertiary alicyclic amines) is 1. The summed E-state index contributed by atoms with van der Waals surface area (Å²) in [4.78, 5) is 14.0. The molecule has 4 nitrogen and oxygen atoms in total. The highest BCUT2D eigenvalue weighted by atomic mass is 16.5. The van der Waals surface area contributed by atoms with E-state index in [1.54, 1.807) is 0 Å². The first-order valence-corrected chi connectivity index (χ1v) is 5.85. The number of ether oxygens (including phenoxy) is 1. The Bertz CT molecular complexity index is 233. The second-order valence-corrected chi connectivity index (χ2v) is 4.68. The molecule has 2 bridgehead atoms. The summed E-state index contributed by atoms with van der Waals surface area (Å²) in [5, 5.41) is 0. The van der Waals surface area contributed by atoms with E-state index >= 15 is 0 Å². The maximum Gasteiger partial charge on any atom is 0.225 e. The van der Waals surface area contributed by atoms with Gasteiger partial charge < -0.3 is 15.4 Å². The molecule has 2 fully saturated rings. The van der Waals surface area contributed by atoms with Gasteiger partial charge in [0, 0.05) is 19.0 Å². The maximum atomic E-state index is 12.0. The van der Waals surface area contributed by atoms with Gasteiger partial charge in [-0.05, 0) is 25.8 Å². The number of hydrogen-bond donors (Lipinski definition) is 1. The molecular weight excluding hydrogens is 192 g/mol. The molecule has 2 saturated heterocycles. The molecule has 3 unspecified atom stereocenters. The van der Waals surface area contributed by atoms with Crippen LogP contribution < -0.4 is 5.73 Å². The van der Waals surface area contributed by atoms with Gasteiger partial charge in [-0.3, -0.25) is 4.79 Å². The van der Waals surface area contributed by atoms with Crippen LogP contribution in [0.2, 0.25) is 0 Å². The number of morpholine rings is 1. The molecule has 2 heterocycles. The lowest BCUT2D eigenvalue weighted by Gasteiger charge is -2.33. The molecule has 2 aliphatic rings. The normalized spacial score (nSPS) is 31.7. The Hall–Kier alpha value is -0.610. The number of nitrogens with two attached hydrogens (primary N) is 1. The van der Waals surface area contributed by atoms with Crippen LogP contribution in [0.25, 0.3) is 0 Å². The van der Waals surface area contributed by atoms with Gasteiger partial charge in [-0.2, -0.15) is 0 Å². The quantitative estimate of drug-likeness (QED) is 0.735. The summed E-state index contributed by atoms with van der Waals surface area (Å²) in [6.45, 7) is 4.12. The first kappa shape index (κ1) is 10.9. The summed E-state index contributed by atoms with van der Waals surface area (Å²) in [6.07, 6.45) is 3.58. The smallest absolute Gasteiger partial charge is 0.225 e. The van der Waals surface area contributed by atoms with Crippen LogP contribution in [0.4, 0.5) is 0 Å². The fourth-order valence-corrected chi connectivity index (χ4v) is 2.48. The van der Waals surface area contributed by atoms with Gasteiger partial charge in [0.05, 0.1) is 12.2 Å². The number of hydrogen-bond acceptors (Lipinski definition) is 3. The van der Waals surface area contributed by atoms with Crippen LogP contribution in [0, 0.1) is 5.92 Å². The molecule has 2 N–H and O–H groups in total. The molecule has 2 rings (SSSR count). The van der Waals surface area contributed by atoms with E-state index in [9.17, 15) is 4.79 Å². The first-order valence-electron chi connectivity index (χ1n) is 5.85. The van der Waals surface area contributed by atoms with Crippen molar-refractivity contribution in [1.82, 2.24) is 4.90 Å². The van der Waals surface area contributed by atoms with Gasteiger partial charge >= 0.3 is 0 Å². The third-order valence-electron chi connectivity index (χ3n) is 3.38. The minimum Gasteiger partial charge on any atom is -0.371 e. The molecular formula is C11H20N2O2. The Morgan fingerprint density at radius 3 is 2.60 bits per heavy atom. The van der Waals surface area contributed by atoms with Gasteiger partial charge in [-0.1, -0.05) is 6.92 Å². The fraction of sp³-hybridized carbons (Fsp3) is 0.909. The Labute approximate surface area is 90.8 Å². The minimum atomic E-state index is 0.0625. The molecule has 0 radical (unpaired) electrons. The highest BCUT2D eigenvalue weighted by molar-refractivity contribution is 5.78. The summed E-state index contributed by atoms with van der Waals surface area (Å²) in [6, 6.07) is 0. The Morgan fingerprint density at radius 2 is 2.07 bits per heavy atom. The van der Waals surface area contributed by atoms with Gasteiger partial charge in [0.2, 0.25) is 5.91 Å². The van der Waals surface area contributed by atoms with Gasteiger partial charge in [0.25, 0.3) is 0 Å². The molecule has 1 amide bonds. The number of carbonyl (C=O) groups excluding carboxylic acids is 1. The second kappa shape index (κ2) is 4.49. The van der Waals surface area contributed by atoms with Crippen LogP contribution in [0.15, 0.2) is 0 Å². The van der Waals surface area contributed by atoms with E-state index in [1.165, 1.54) is 0 Å². The Morgan fingerprint density at radius 1 is 1.47 bits per heavy atom. The average Bonchev–Trinajstić information content (AvgIpc) is 2.57. The van der Waals surface area contributed by atoms with Gasteiger partial charge in [0.15, 0.2) is 0 Å². The topological polar surface area (TPSA) is 55.6 Å². The molecule has 0 aromatic carbocycles. The van der Waals surface area contributed by atoms with Crippen molar-refractivity contribution in [3.8, 4) is 0 Å². The SMILES string of the molecule is CC(CCN)C(=O)N1CC2CCC(C1)O2. The largest absolute Gasteiger partial charge is 0.371 e. The molecule has 0 saturated carbocycles. The second-order valence-electron chi connectivity index (χ2n) is 4.68. The number of carbonyl (C=O) groups is 1. The third kappa shape index (κ3) is 2.32. The van der Waals surface area contributed by atoms with Crippen molar-refractivity contribution in [1.29, 1.82) is 0 Å². The molecule has 0 aromatic heterocycles. The van der Waals surface area contributed by atoms with E-state index in [0.29, 0.717) is 6.54 Å².